The van der Waals surface area contributed by atoms with Crippen molar-refractivity contribution in [2.75, 3.05) is 34.5 Å². The third kappa shape index (κ3) is 2.73. The van der Waals surface area contributed by atoms with Crippen LogP contribution >= 0.6 is 0 Å². The molecule has 2 aliphatic rings. The molecule has 7 nitrogen and oxygen atoms in total. The van der Waals surface area contributed by atoms with Gasteiger partial charge in [-0.1, -0.05) is 0 Å². The Kier molecular flexibility index (Phi) is 4.72. The Morgan fingerprint density at radius 1 is 0.821 bits per heavy atom. The van der Waals surface area contributed by atoms with E-state index in [9.17, 15) is 15.3 Å². The molecule has 1 saturated heterocycles. The van der Waals surface area contributed by atoms with Gasteiger partial charge in [-0.15, -0.1) is 0 Å². The standard InChI is InChI=1S/C21H24O7/c1-25-17-4-10(5-18(26-2)21(17)27-3)19-11-6-15(22)16(23)7-12(11)20(24)14-9-28-8-13(14)19/h4-7,13-14,19-20,22-24H,8-9H2,1-3H3/t13-,14-,19+,20-/m0/s1. The topological polar surface area (TPSA) is 97.6 Å². The van der Waals surface area contributed by atoms with Crippen LogP contribution in [0.2, 0.25) is 0 Å². The Balaban J connectivity index is 1.94. The quantitative estimate of drug-likeness (QED) is 0.693. The summed E-state index contributed by atoms with van der Waals surface area (Å²) in [6.45, 7) is 0.929. The van der Waals surface area contributed by atoms with E-state index in [0.717, 1.165) is 11.1 Å². The number of hydrogen-bond acceptors (Lipinski definition) is 7. The van der Waals surface area contributed by atoms with Gasteiger partial charge in [0.25, 0.3) is 0 Å². The van der Waals surface area contributed by atoms with Gasteiger partial charge in [0.1, 0.15) is 0 Å². The van der Waals surface area contributed by atoms with Gasteiger partial charge in [0, 0.05) is 17.8 Å². The van der Waals surface area contributed by atoms with Crippen LogP contribution in [0.25, 0.3) is 0 Å². The molecule has 0 saturated carbocycles. The molecule has 0 bridgehead atoms. The highest BCUT2D eigenvalue weighted by atomic mass is 16.5. The maximum atomic E-state index is 10.9. The lowest BCUT2D eigenvalue weighted by Gasteiger charge is -2.38. The molecule has 2 aromatic carbocycles. The van der Waals surface area contributed by atoms with Crippen molar-refractivity contribution in [3.8, 4) is 28.7 Å². The average molecular weight is 388 g/mol. The molecule has 150 valence electrons. The van der Waals surface area contributed by atoms with Crippen LogP contribution in [-0.2, 0) is 4.74 Å². The molecule has 4 rings (SSSR count). The molecule has 1 aliphatic heterocycles. The van der Waals surface area contributed by atoms with Crippen molar-refractivity contribution in [1.82, 2.24) is 0 Å². The van der Waals surface area contributed by atoms with E-state index in [1.807, 2.05) is 12.1 Å². The maximum Gasteiger partial charge on any atom is 0.203 e. The number of methoxy groups -OCH3 is 3. The zero-order valence-electron chi connectivity index (χ0n) is 16.0. The number of aromatic hydroxyl groups is 2. The minimum absolute atomic E-state index is 0.00856. The summed E-state index contributed by atoms with van der Waals surface area (Å²) in [5, 5.41) is 30.9. The first-order valence-electron chi connectivity index (χ1n) is 9.11. The van der Waals surface area contributed by atoms with Crippen molar-refractivity contribution >= 4 is 0 Å². The van der Waals surface area contributed by atoms with E-state index in [4.69, 9.17) is 18.9 Å². The first kappa shape index (κ1) is 18.7. The van der Waals surface area contributed by atoms with Crippen LogP contribution in [0.4, 0.5) is 0 Å². The van der Waals surface area contributed by atoms with E-state index in [-0.39, 0.29) is 29.3 Å². The normalized spacial score (nSPS) is 25.7. The molecule has 0 radical (unpaired) electrons. The van der Waals surface area contributed by atoms with Gasteiger partial charge in [-0.2, -0.15) is 0 Å². The van der Waals surface area contributed by atoms with Crippen molar-refractivity contribution in [2.24, 2.45) is 11.8 Å². The smallest absolute Gasteiger partial charge is 0.203 e. The molecular weight excluding hydrogens is 364 g/mol. The summed E-state index contributed by atoms with van der Waals surface area (Å²) < 4.78 is 22.1. The lowest BCUT2D eigenvalue weighted by atomic mass is 9.66. The monoisotopic (exact) mass is 388 g/mol. The van der Waals surface area contributed by atoms with Crippen molar-refractivity contribution in [2.45, 2.75) is 12.0 Å². The highest BCUT2D eigenvalue weighted by Gasteiger charge is 2.46. The molecule has 1 aliphatic carbocycles. The van der Waals surface area contributed by atoms with Gasteiger partial charge in [0.15, 0.2) is 23.0 Å². The molecule has 1 fully saturated rings. The van der Waals surface area contributed by atoms with Gasteiger partial charge >= 0.3 is 0 Å². The molecule has 2 aromatic rings. The van der Waals surface area contributed by atoms with Crippen LogP contribution in [0.1, 0.15) is 28.7 Å². The fourth-order valence-corrected chi connectivity index (χ4v) is 4.56. The van der Waals surface area contributed by atoms with Gasteiger partial charge in [0.05, 0.1) is 40.6 Å². The maximum absolute atomic E-state index is 10.9. The molecule has 0 aromatic heterocycles. The van der Waals surface area contributed by atoms with Crippen LogP contribution in [0.3, 0.4) is 0 Å². The zero-order valence-corrected chi connectivity index (χ0v) is 16.0. The third-order valence-electron chi connectivity index (χ3n) is 5.88. The van der Waals surface area contributed by atoms with Crippen molar-refractivity contribution < 1.29 is 34.3 Å². The highest BCUT2D eigenvalue weighted by Crippen LogP contribution is 2.54. The molecule has 1 heterocycles. The summed E-state index contributed by atoms with van der Waals surface area (Å²) in [5.41, 5.74) is 2.25. The number of rotatable bonds is 4. The van der Waals surface area contributed by atoms with Crippen LogP contribution in [0.5, 0.6) is 28.7 Å². The van der Waals surface area contributed by atoms with Crippen molar-refractivity contribution in [1.29, 1.82) is 0 Å². The van der Waals surface area contributed by atoms with Gasteiger partial charge in [-0.05, 0) is 41.0 Å². The molecule has 4 atom stereocenters. The minimum atomic E-state index is -0.771. The van der Waals surface area contributed by atoms with Crippen LogP contribution in [0, 0.1) is 11.8 Å². The first-order chi connectivity index (χ1) is 13.5. The number of phenolic OH excluding ortho intramolecular Hbond substituents is 2. The fraction of sp³-hybridized carbons (Fsp3) is 0.429. The van der Waals surface area contributed by atoms with Crippen LogP contribution in [0.15, 0.2) is 24.3 Å². The molecule has 7 heteroatoms. The summed E-state index contributed by atoms with van der Waals surface area (Å²) in [4.78, 5) is 0. The Hall–Kier alpha value is -2.64. The van der Waals surface area contributed by atoms with Gasteiger partial charge in [-0.3, -0.25) is 0 Å². The summed E-state index contributed by atoms with van der Waals surface area (Å²) in [6.07, 6.45) is -0.771. The number of aliphatic hydroxyl groups is 1. The lowest BCUT2D eigenvalue weighted by Crippen LogP contribution is -2.33. The number of aliphatic hydroxyl groups excluding tert-OH is 1. The molecular formula is C21H24O7. The van der Waals surface area contributed by atoms with Gasteiger partial charge in [0.2, 0.25) is 5.75 Å². The fourth-order valence-electron chi connectivity index (χ4n) is 4.56. The summed E-state index contributed by atoms with van der Waals surface area (Å²) >= 11 is 0. The summed E-state index contributed by atoms with van der Waals surface area (Å²) in [6, 6.07) is 6.73. The van der Waals surface area contributed by atoms with Crippen molar-refractivity contribution in [3.05, 3.63) is 41.0 Å². The Morgan fingerprint density at radius 2 is 1.39 bits per heavy atom. The van der Waals surface area contributed by atoms with E-state index >= 15 is 0 Å². The first-order valence-corrected chi connectivity index (χ1v) is 9.11. The van der Waals surface area contributed by atoms with Crippen molar-refractivity contribution in [3.63, 3.8) is 0 Å². The Bertz CT molecular complexity index is 870. The lowest BCUT2D eigenvalue weighted by molar-refractivity contribution is 0.0685. The second kappa shape index (κ2) is 7.07. The number of benzene rings is 2. The molecule has 0 spiro atoms. The summed E-state index contributed by atoms with van der Waals surface area (Å²) in [7, 11) is 4.67. The molecule has 3 N–H and O–H groups in total. The van der Waals surface area contributed by atoms with E-state index in [1.54, 1.807) is 21.3 Å². The molecule has 0 unspecified atom stereocenters. The SMILES string of the molecule is COc1cc([C@@H]2c3cc(O)c(O)cc3[C@H](O)[C@H]3COC[C@H]23)cc(OC)c1OC. The third-order valence-corrected chi connectivity index (χ3v) is 5.88. The number of fused-ring (bicyclic) bond motifs is 2. The van der Waals surface area contributed by atoms with E-state index in [1.165, 1.54) is 12.1 Å². The van der Waals surface area contributed by atoms with Crippen LogP contribution in [-0.4, -0.2) is 49.9 Å². The van der Waals surface area contributed by atoms with Gasteiger partial charge < -0.3 is 34.3 Å². The average Bonchev–Trinajstić information content (AvgIpc) is 3.18. The minimum Gasteiger partial charge on any atom is -0.504 e. The second-order valence-electron chi connectivity index (χ2n) is 7.22. The number of phenols is 2. The summed E-state index contributed by atoms with van der Waals surface area (Å²) in [5.74, 6) is 0.809. The predicted octanol–water partition coefficient (Wildman–Crippen LogP) is 2.57. The van der Waals surface area contributed by atoms with Crippen LogP contribution < -0.4 is 14.2 Å². The van der Waals surface area contributed by atoms with Gasteiger partial charge in [-0.25, -0.2) is 0 Å². The Morgan fingerprint density at radius 3 is 1.96 bits per heavy atom. The van der Waals surface area contributed by atoms with E-state index in [0.29, 0.717) is 36.0 Å². The van der Waals surface area contributed by atoms with E-state index < -0.39 is 6.10 Å². The molecule has 0 amide bonds. The predicted molar refractivity (Wildman–Crippen MR) is 100 cm³/mol. The number of ether oxygens (including phenoxy) is 4. The number of hydrogen-bond donors (Lipinski definition) is 3. The zero-order chi connectivity index (χ0) is 20.0. The Labute approximate surface area is 163 Å². The second-order valence-corrected chi connectivity index (χ2v) is 7.22. The highest BCUT2D eigenvalue weighted by molar-refractivity contribution is 5.58. The van der Waals surface area contributed by atoms with E-state index in [2.05, 4.69) is 0 Å². The largest absolute Gasteiger partial charge is 0.504 e. The molecule has 28 heavy (non-hydrogen) atoms.